The van der Waals surface area contributed by atoms with Gasteiger partial charge in [0.1, 0.15) is 5.75 Å². The second-order valence-electron chi connectivity index (χ2n) is 10.1. The van der Waals surface area contributed by atoms with E-state index in [4.69, 9.17) is 9.84 Å². The molecule has 7 rings (SSSR count). The molecule has 0 saturated heterocycles. The molecule has 0 radical (unpaired) electrons. The average Bonchev–Trinajstić information content (AvgIpc) is 3.37. The third-order valence-corrected chi connectivity index (χ3v) is 8.57. The zero-order valence-corrected chi connectivity index (χ0v) is 21.1. The second-order valence-corrected chi connectivity index (χ2v) is 11.0. The second kappa shape index (κ2) is 8.23. The van der Waals surface area contributed by atoms with E-state index in [0.29, 0.717) is 5.92 Å². The van der Waals surface area contributed by atoms with Crippen LogP contribution < -0.4 is 4.74 Å². The SMILES string of the molecule is Brc1ccc2c(c1)[C@H]1CC(c3ccc4ccccc4c3)=NN1C1(CCC(c3ccccc3)CC1)O2. The quantitative estimate of drug-likeness (QED) is 0.265. The summed E-state index contributed by atoms with van der Waals surface area (Å²) in [5, 5.41) is 10.2. The van der Waals surface area contributed by atoms with Crippen molar-refractivity contribution in [3.05, 3.63) is 112 Å². The molecule has 4 aromatic rings. The Morgan fingerprint density at radius 1 is 0.829 bits per heavy atom. The topological polar surface area (TPSA) is 24.8 Å². The lowest BCUT2D eigenvalue weighted by Gasteiger charge is -2.50. The van der Waals surface area contributed by atoms with Crippen LogP contribution in [0, 0.1) is 0 Å². The van der Waals surface area contributed by atoms with Crippen molar-refractivity contribution in [2.45, 2.75) is 49.8 Å². The zero-order chi connectivity index (χ0) is 23.4. The normalized spacial score (nSPS) is 25.2. The highest BCUT2D eigenvalue weighted by Crippen LogP contribution is 2.53. The number of fused-ring (bicyclic) bond motifs is 5. The lowest BCUT2D eigenvalue weighted by molar-refractivity contribution is -0.142. The number of ether oxygens (including phenoxy) is 1. The first kappa shape index (κ1) is 21.2. The van der Waals surface area contributed by atoms with E-state index in [1.165, 1.54) is 27.5 Å². The van der Waals surface area contributed by atoms with E-state index in [2.05, 4.69) is 112 Å². The summed E-state index contributed by atoms with van der Waals surface area (Å²) in [6.45, 7) is 0. The van der Waals surface area contributed by atoms with Gasteiger partial charge in [-0.25, -0.2) is 5.01 Å². The Hall–Kier alpha value is -3.11. The summed E-state index contributed by atoms with van der Waals surface area (Å²) in [6, 6.07) is 32.9. The molecule has 0 amide bonds. The largest absolute Gasteiger partial charge is 0.466 e. The van der Waals surface area contributed by atoms with Crippen molar-refractivity contribution < 1.29 is 4.74 Å². The van der Waals surface area contributed by atoms with Crippen molar-refractivity contribution in [3.8, 4) is 5.75 Å². The molecule has 0 bridgehead atoms. The summed E-state index contributed by atoms with van der Waals surface area (Å²) in [6.07, 6.45) is 5.08. The number of benzene rings is 4. The Bertz CT molecular complexity index is 1440. The molecule has 1 saturated carbocycles. The van der Waals surface area contributed by atoms with Crippen LogP contribution in [-0.4, -0.2) is 16.4 Å². The molecule has 4 heteroatoms. The predicted octanol–water partition coefficient (Wildman–Crippen LogP) is 8.20. The van der Waals surface area contributed by atoms with E-state index in [9.17, 15) is 0 Å². The van der Waals surface area contributed by atoms with E-state index in [-0.39, 0.29) is 11.8 Å². The van der Waals surface area contributed by atoms with Crippen LogP contribution >= 0.6 is 15.9 Å². The summed E-state index contributed by atoms with van der Waals surface area (Å²) in [7, 11) is 0. The van der Waals surface area contributed by atoms with Crippen LogP contribution in [0.4, 0.5) is 0 Å². The van der Waals surface area contributed by atoms with Crippen molar-refractivity contribution in [2.24, 2.45) is 5.10 Å². The first-order valence-electron chi connectivity index (χ1n) is 12.6. The molecule has 1 spiro atoms. The van der Waals surface area contributed by atoms with Gasteiger partial charge in [-0.3, -0.25) is 0 Å². The van der Waals surface area contributed by atoms with Crippen molar-refractivity contribution in [1.82, 2.24) is 5.01 Å². The molecule has 1 aliphatic carbocycles. The lowest BCUT2D eigenvalue weighted by atomic mass is 9.78. The minimum Gasteiger partial charge on any atom is -0.466 e. The minimum atomic E-state index is -0.380. The highest BCUT2D eigenvalue weighted by atomic mass is 79.9. The highest BCUT2D eigenvalue weighted by Gasteiger charge is 2.52. The summed E-state index contributed by atoms with van der Waals surface area (Å²) in [5.74, 6) is 1.60. The van der Waals surface area contributed by atoms with Crippen molar-refractivity contribution in [3.63, 3.8) is 0 Å². The van der Waals surface area contributed by atoms with Crippen molar-refractivity contribution in [1.29, 1.82) is 0 Å². The fourth-order valence-corrected chi connectivity index (χ4v) is 6.63. The maximum atomic E-state index is 6.87. The first-order valence-corrected chi connectivity index (χ1v) is 13.4. The molecule has 0 N–H and O–H groups in total. The summed E-state index contributed by atoms with van der Waals surface area (Å²) in [5.41, 5.74) is 4.66. The molecule has 0 aromatic heterocycles. The third kappa shape index (κ3) is 3.58. The van der Waals surface area contributed by atoms with Crippen LogP contribution in [0.2, 0.25) is 0 Å². The zero-order valence-electron chi connectivity index (χ0n) is 19.5. The van der Waals surface area contributed by atoms with E-state index in [1.54, 1.807) is 0 Å². The number of hydrogen-bond donors (Lipinski definition) is 0. The Kier molecular flexibility index (Phi) is 4.99. The van der Waals surface area contributed by atoms with Gasteiger partial charge in [0.05, 0.1) is 11.8 Å². The van der Waals surface area contributed by atoms with E-state index < -0.39 is 0 Å². The van der Waals surface area contributed by atoms with E-state index in [1.807, 2.05) is 0 Å². The Balaban J connectivity index is 1.26. The van der Waals surface area contributed by atoms with Gasteiger partial charge in [-0.1, -0.05) is 82.7 Å². The average molecular weight is 523 g/mol. The molecule has 174 valence electrons. The van der Waals surface area contributed by atoms with Crippen molar-refractivity contribution in [2.75, 3.05) is 0 Å². The summed E-state index contributed by atoms with van der Waals surface area (Å²) >= 11 is 3.68. The van der Waals surface area contributed by atoms with E-state index >= 15 is 0 Å². The molecule has 2 heterocycles. The van der Waals surface area contributed by atoms with Gasteiger partial charge in [-0.05, 0) is 64.9 Å². The fourth-order valence-electron chi connectivity index (χ4n) is 6.25. The molecular formula is C31H27BrN2O. The maximum Gasteiger partial charge on any atom is 0.198 e. The Labute approximate surface area is 214 Å². The standard InChI is InChI=1S/C31H27BrN2O/c32-26-12-13-30-27(19-26)29-20-28(25-11-10-22-8-4-5-9-24(22)18-25)33-34(29)31(35-30)16-14-23(15-17-31)21-6-2-1-3-7-21/h1-13,18-19,23,29H,14-17,20H2/t23?,29-,31?/m1/s1. The van der Waals surface area contributed by atoms with Crippen molar-refractivity contribution >= 4 is 32.4 Å². The molecule has 2 aliphatic heterocycles. The Morgan fingerprint density at radius 2 is 1.60 bits per heavy atom. The van der Waals surface area contributed by atoms with Crippen LogP contribution in [0.3, 0.4) is 0 Å². The van der Waals surface area contributed by atoms with Crippen LogP contribution in [0.15, 0.2) is 101 Å². The predicted molar refractivity (Wildman–Crippen MR) is 145 cm³/mol. The smallest absolute Gasteiger partial charge is 0.198 e. The van der Waals surface area contributed by atoms with Crippen LogP contribution in [0.1, 0.15) is 60.8 Å². The molecule has 0 unspecified atom stereocenters. The molecule has 4 aromatic carbocycles. The van der Waals surface area contributed by atoms with Gasteiger partial charge in [-0.15, -0.1) is 0 Å². The first-order chi connectivity index (χ1) is 17.2. The molecule has 3 nitrogen and oxygen atoms in total. The summed E-state index contributed by atoms with van der Waals surface area (Å²) in [4.78, 5) is 0. The number of hydrogen-bond acceptors (Lipinski definition) is 3. The van der Waals surface area contributed by atoms with Gasteiger partial charge in [-0.2, -0.15) is 5.10 Å². The highest BCUT2D eigenvalue weighted by molar-refractivity contribution is 9.10. The van der Waals surface area contributed by atoms with Gasteiger partial charge < -0.3 is 4.74 Å². The summed E-state index contributed by atoms with van der Waals surface area (Å²) < 4.78 is 7.95. The molecule has 1 fully saturated rings. The fraction of sp³-hybridized carbons (Fsp3) is 0.258. The van der Waals surface area contributed by atoms with Gasteiger partial charge in [0.15, 0.2) is 5.72 Å². The number of hydrazone groups is 1. The minimum absolute atomic E-state index is 0.200. The molecule has 3 aliphatic rings. The molecule has 35 heavy (non-hydrogen) atoms. The Morgan fingerprint density at radius 3 is 2.43 bits per heavy atom. The number of nitrogens with zero attached hydrogens (tertiary/aromatic N) is 2. The lowest BCUT2D eigenvalue weighted by Crippen LogP contribution is -2.55. The monoisotopic (exact) mass is 522 g/mol. The number of rotatable bonds is 2. The van der Waals surface area contributed by atoms with Gasteiger partial charge in [0, 0.05) is 29.3 Å². The third-order valence-electron chi connectivity index (χ3n) is 8.08. The molecule has 1 atom stereocenters. The van der Waals surface area contributed by atoms with Gasteiger partial charge >= 0.3 is 0 Å². The van der Waals surface area contributed by atoms with Gasteiger partial charge in [0.2, 0.25) is 0 Å². The number of halogens is 1. The van der Waals surface area contributed by atoms with E-state index in [0.717, 1.165) is 48.0 Å². The molecular weight excluding hydrogens is 496 g/mol. The maximum absolute atomic E-state index is 6.87. The van der Waals surface area contributed by atoms with Crippen LogP contribution in [-0.2, 0) is 0 Å². The van der Waals surface area contributed by atoms with Crippen LogP contribution in [0.5, 0.6) is 5.75 Å². The van der Waals surface area contributed by atoms with Crippen LogP contribution in [0.25, 0.3) is 10.8 Å². The van der Waals surface area contributed by atoms with Gasteiger partial charge in [0.25, 0.3) is 0 Å².